The van der Waals surface area contributed by atoms with Crippen molar-refractivity contribution in [2.24, 2.45) is 0 Å². The van der Waals surface area contributed by atoms with Crippen LogP contribution in [0.1, 0.15) is 19.6 Å². The Bertz CT molecular complexity index is 316. The predicted molar refractivity (Wildman–Crippen MR) is 28.8 cm³/mol. The van der Waals surface area contributed by atoms with Gasteiger partial charge in [0, 0.05) is 11.9 Å². The third kappa shape index (κ3) is 1.19. The average Bonchev–Trinajstić information content (AvgIpc) is 2.12. The van der Waals surface area contributed by atoms with Crippen molar-refractivity contribution in [3.8, 4) is 0 Å². The zero-order chi connectivity index (χ0) is 11.4. The van der Waals surface area contributed by atoms with Gasteiger partial charge < -0.3 is 10.4 Å². The molecule has 1 atom stereocenters. The number of carbonyl (C=O) groups is 2. The van der Waals surface area contributed by atoms with Crippen LogP contribution in [0.3, 0.4) is 0 Å². The summed E-state index contributed by atoms with van der Waals surface area (Å²) in [6.07, 6.45) is -6.14. The summed E-state index contributed by atoms with van der Waals surface area (Å²) in [4.78, 5) is 21.5. The molecule has 0 aromatic heterocycles. The van der Waals surface area contributed by atoms with Gasteiger partial charge in [-0.05, 0) is 6.37 Å². The van der Waals surface area contributed by atoms with E-state index < -0.39 is 30.6 Å². The third-order valence-corrected chi connectivity index (χ3v) is 0.753. The number of aliphatic carboxylic acids is 1. The van der Waals surface area contributed by atoms with Crippen LogP contribution in [-0.4, -0.2) is 23.0 Å². The van der Waals surface area contributed by atoms with Crippen LogP contribution in [0.2, 0.25) is 0 Å². The van der Waals surface area contributed by atoms with Crippen LogP contribution >= 0.6 is 0 Å². The van der Waals surface area contributed by atoms with E-state index in [0.717, 1.165) is 0 Å². The van der Waals surface area contributed by atoms with Gasteiger partial charge in [-0.2, -0.15) is 0 Å². The highest BCUT2D eigenvalue weighted by atomic mass is 16.4. The van der Waals surface area contributed by atoms with E-state index in [4.69, 9.17) is 12.0 Å². The maximum Gasteiger partial charge on any atom is 0.326 e. The number of hydrogen-bond donors (Lipinski definition) is 2. The molecular formula is C5H7NO3. The van der Waals surface area contributed by atoms with Crippen molar-refractivity contribution in [1.82, 2.24) is 5.32 Å². The zero-order valence-electron chi connectivity index (χ0n) is 9.26. The van der Waals surface area contributed by atoms with E-state index in [2.05, 4.69) is 0 Å². The Kier molecular flexibility index (Phi) is 0.519. The van der Waals surface area contributed by atoms with Crippen molar-refractivity contribution >= 4 is 11.9 Å². The molecule has 0 aromatic carbocycles. The van der Waals surface area contributed by atoms with Crippen molar-refractivity contribution in [3.05, 3.63) is 0 Å². The van der Waals surface area contributed by atoms with Gasteiger partial charge in [0.2, 0.25) is 5.91 Å². The summed E-state index contributed by atoms with van der Waals surface area (Å²) in [6, 6.07) is -2.98. The standard InChI is InChI=1S/C5H7NO3/c7-4-2-1-3(6-4)5(8)9/h3H,1-2H2,(H,6,7)(H,8,9)/t3-/m0/s1/i1D2,2D2,3D. The normalized spacial score (nSPS) is 53.3. The van der Waals surface area contributed by atoms with Gasteiger partial charge in [0.15, 0.2) is 0 Å². The van der Waals surface area contributed by atoms with Crippen molar-refractivity contribution in [3.63, 3.8) is 0 Å². The quantitative estimate of drug-likeness (QED) is 0.500. The molecule has 0 radical (unpaired) electrons. The van der Waals surface area contributed by atoms with E-state index >= 15 is 0 Å². The molecule has 0 bridgehead atoms. The number of nitrogens with one attached hydrogen (secondary N) is 1. The molecule has 9 heavy (non-hydrogen) atoms. The molecule has 1 heterocycles. The molecule has 0 aliphatic carbocycles. The van der Waals surface area contributed by atoms with Crippen molar-refractivity contribution in [1.29, 1.82) is 0 Å². The molecule has 1 fully saturated rings. The largest absolute Gasteiger partial charge is 0.480 e. The molecule has 0 aromatic rings. The molecule has 2 N–H and O–H groups in total. The molecule has 1 aliphatic rings. The minimum atomic E-state index is -3.12. The summed E-state index contributed by atoms with van der Waals surface area (Å²) in [5, 5.41) is 10.0. The Morgan fingerprint density at radius 3 is 3.00 bits per heavy atom. The lowest BCUT2D eigenvalue weighted by atomic mass is 10.2. The molecular weight excluding hydrogens is 122 g/mol. The second-order valence-corrected chi connectivity index (χ2v) is 1.38. The van der Waals surface area contributed by atoms with Gasteiger partial charge in [0.05, 0.1) is 1.37 Å². The van der Waals surface area contributed by atoms with E-state index in [1.165, 1.54) is 5.32 Å². The van der Waals surface area contributed by atoms with Gasteiger partial charge in [0.1, 0.15) is 6.02 Å². The topological polar surface area (TPSA) is 66.4 Å². The van der Waals surface area contributed by atoms with Crippen LogP contribution in [0.25, 0.3) is 0 Å². The fourth-order valence-electron chi connectivity index (χ4n) is 0.402. The summed E-state index contributed by atoms with van der Waals surface area (Å²) >= 11 is 0. The molecule has 0 unspecified atom stereocenters. The SMILES string of the molecule is [2H]C1([2H])C(=O)N[C@]([2H])(C(=O)O)C1([2H])[2H]. The molecule has 1 amide bonds. The van der Waals surface area contributed by atoms with Gasteiger partial charge in [0.25, 0.3) is 0 Å². The number of carboxylic acids is 1. The highest BCUT2D eigenvalue weighted by Gasteiger charge is 2.26. The Hall–Kier alpha value is -1.06. The maximum absolute atomic E-state index is 10.9. The molecule has 1 aliphatic heterocycles. The predicted octanol–water partition coefficient (Wildman–Crippen LogP) is -0.650. The van der Waals surface area contributed by atoms with Crippen LogP contribution in [0.4, 0.5) is 0 Å². The summed E-state index contributed by atoms with van der Waals surface area (Å²) < 4.78 is 35.5. The summed E-state index contributed by atoms with van der Waals surface area (Å²) in [5.41, 5.74) is 0. The van der Waals surface area contributed by atoms with Gasteiger partial charge >= 0.3 is 5.97 Å². The Balaban J connectivity index is 3.31. The lowest BCUT2D eigenvalue weighted by molar-refractivity contribution is -0.140. The molecule has 1 rings (SSSR count). The summed E-state index contributed by atoms with van der Waals surface area (Å²) in [6.45, 7) is 0. The average molecular weight is 134 g/mol. The monoisotopic (exact) mass is 134 g/mol. The first-order valence-electron chi connectivity index (χ1n) is 4.63. The first-order valence-corrected chi connectivity index (χ1v) is 2.13. The first-order chi connectivity index (χ1) is 6.07. The van der Waals surface area contributed by atoms with Crippen LogP contribution in [0, 0.1) is 0 Å². The van der Waals surface area contributed by atoms with E-state index in [1.54, 1.807) is 0 Å². The molecule has 0 spiro atoms. The van der Waals surface area contributed by atoms with E-state index in [-0.39, 0.29) is 0 Å². The number of rotatable bonds is 1. The Labute approximate surface area is 58.9 Å². The fourth-order valence-corrected chi connectivity index (χ4v) is 0.402. The van der Waals surface area contributed by atoms with Crippen LogP contribution in [0.5, 0.6) is 0 Å². The number of carbonyl (C=O) groups excluding carboxylic acids is 1. The first kappa shape index (κ1) is 2.28. The van der Waals surface area contributed by atoms with Crippen molar-refractivity contribution in [2.45, 2.75) is 18.8 Å². The van der Waals surface area contributed by atoms with E-state index in [1.807, 2.05) is 0 Å². The third-order valence-electron chi connectivity index (χ3n) is 0.753. The highest BCUT2D eigenvalue weighted by molar-refractivity contribution is 5.87. The van der Waals surface area contributed by atoms with E-state index in [9.17, 15) is 9.59 Å². The van der Waals surface area contributed by atoms with Crippen LogP contribution < -0.4 is 5.32 Å². The van der Waals surface area contributed by atoms with Crippen LogP contribution in [-0.2, 0) is 9.59 Å². The van der Waals surface area contributed by atoms with Gasteiger partial charge in [-0.3, -0.25) is 4.79 Å². The van der Waals surface area contributed by atoms with Gasteiger partial charge in [-0.1, -0.05) is 0 Å². The lowest BCUT2D eigenvalue weighted by Gasteiger charge is -1.99. The van der Waals surface area contributed by atoms with Crippen molar-refractivity contribution in [2.75, 3.05) is 0 Å². The molecule has 4 nitrogen and oxygen atoms in total. The minimum absolute atomic E-state index is 1.43. The van der Waals surface area contributed by atoms with Crippen molar-refractivity contribution < 1.29 is 21.5 Å². The van der Waals surface area contributed by atoms with Gasteiger partial charge in [-0.15, -0.1) is 0 Å². The number of amides is 1. The molecule has 50 valence electrons. The Morgan fingerprint density at radius 1 is 2.11 bits per heavy atom. The smallest absolute Gasteiger partial charge is 0.326 e. The second kappa shape index (κ2) is 2.05. The Morgan fingerprint density at radius 2 is 2.78 bits per heavy atom. The minimum Gasteiger partial charge on any atom is -0.480 e. The second-order valence-electron chi connectivity index (χ2n) is 1.38. The van der Waals surface area contributed by atoms with E-state index in [0.29, 0.717) is 0 Å². The fraction of sp³-hybridized carbons (Fsp3) is 0.600. The van der Waals surface area contributed by atoms with Gasteiger partial charge in [-0.25, -0.2) is 4.79 Å². The van der Waals surface area contributed by atoms with Crippen LogP contribution in [0.15, 0.2) is 0 Å². The summed E-state index contributed by atoms with van der Waals surface area (Å²) in [7, 11) is 0. The number of carboxylic acid groups (broad SMARTS) is 1. The number of hydrogen-bond acceptors (Lipinski definition) is 2. The molecule has 1 saturated heterocycles. The lowest BCUT2D eigenvalue weighted by Crippen LogP contribution is -2.32. The molecule has 0 saturated carbocycles. The highest BCUT2D eigenvalue weighted by Crippen LogP contribution is 2.05. The zero-order valence-corrected chi connectivity index (χ0v) is 4.26. The maximum atomic E-state index is 10.9. The molecule has 4 heteroatoms. The summed E-state index contributed by atoms with van der Waals surface area (Å²) in [5.74, 6) is -3.36.